The van der Waals surface area contributed by atoms with E-state index in [4.69, 9.17) is 0 Å². The first-order chi connectivity index (χ1) is 8.61. The van der Waals surface area contributed by atoms with Gasteiger partial charge in [-0.05, 0) is 40.0 Å². The van der Waals surface area contributed by atoms with E-state index in [2.05, 4.69) is 40.0 Å². The molecule has 0 spiro atoms. The maximum absolute atomic E-state index is 13.4. The van der Waals surface area contributed by atoms with Crippen LogP contribution in [0.25, 0.3) is 0 Å². The second kappa shape index (κ2) is 6.02. The van der Waals surface area contributed by atoms with E-state index < -0.39 is 0 Å². The van der Waals surface area contributed by atoms with Crippen LogP contribution in [0.1, 0.15) is 20.3 Å². The van der Waals surface area contributed by atoms with Crippen LogP contribution in [0.3, 0.4) is 0 Å². The Balaban J connectivity index is 2.15. The summed E-state index contributed by atoms with van der Waals surface area (Å²) in [5, 5.41) is 3.55. The Bertz CT molecular complexity index is 411. The van der Waals surface area contributed by atoms with Crippen molar-refractivity contribution in [3.05, 3.63) is 28.5 Å². The third-order valence-corrected chi connectivity index (χ3v) is 4.46. The van der Waals surface area contributed by atoms with Crippen molar-refractivity contribution in [3.8, 4) is 0 Å². The quantitative estimate of drug-likeness (QED) is 0.919. The molecule has 1 aliphatic heterocycles. The number of benzene rings is 1. The summed E-state index contributed by atoms with van der Waals surface area (Å²) in [5.74, 6) is 0.465. The van der Waals surface area contributed by atoms with Gasteiger partial charge in [-0.3, -0.25) is 0 Å². The summed E-state index contributed by atoms with van der Waals surface area (Å²) in [6, 6.07) is 5.37. The molecule has 1 heterocycles. The second-order valence-corrected chi connectivity index (χ2v) is 5.84. The van der Waals surface area contributed by atoms with Crippen LogP contribution in [0, 0.1) is 11.7 Å². The molecule has 0 bridgehead atoms. The van der Waals surface area contributed by atoms with Gasteiger partial charge < -0.3 is 10.2 Å². The van der Waals surface area contributed by atoms with E-state index >= 15 is 0 Å². The van der Waals surface area contributed by atoms with E-state index in [1.165, 1.54) is 6.07 Å². The van der Waals surface area contributed by atoms with Crippen LogP contribution in [-0.4, -0.2) is 25.7 Å². The lowest BCUT2D eigenvalue weighted by atomic mass is 9.97. The van der Waals surface area contributed by atoms with Crippen LogP contribution in [0.2, 0.25) is 0 Å². The summed E-state index contributed by atoms with van der Waals surface area (Å²) in [6.45, 7) is 7.30. The Labute approximate surface area is 117 Å². The molecule has 2 unspecified atom stereocenters. The maximum Gasteiger partial charge on any atom is 0.125 e. The van der Waals surface area contributed by atoms with Gasteiger partial charge in [-0.2, -0.15) is 0 Å². The number of nitrogens with one attached hydrogen (secondary N) is 1. The van der Waals surface area contributed by atoms with Crippen molar-refractivity contribution in [1.29, 1.82) is 0 Å². The number of nitrogens with zero attached hydrogens (tertiary/aromatic N) is 1. The number of piperazine rings is 1. The zero-order chi connectivity index (χ0) is 13.1. The molecular formula is C14H20BrFN2. The number of rotatable bonds is 3. The lowest BCUT2D eigenvalue weighted by Crippen LogP contribution is -2.53. The zero-order valence-electron chi connectivity index (χ0n) is 10.9. The standard InChI is InChI=1S/C14H20BrFN2/c1-3-10(2)13-9-18(7-6-17-13)14-8-11(16)4-5-12(14)15/h4-5,8,10,13,17H,3,6-7,9H2,1-2H3. The molecular weight excluding hydrogens is 295 g/mol. The summed E-state index contributed by atoms with van der Waals surface area (Å²) in [6.07, 6.45) is 1.16. The molecule has 1 aromatic rings. The fourth-order valence-corrected chi connectivity index (χ4v) is 2.89. The van der Waals surface area contributed by atoms with Crippen molar-refractivity contribution >= 4 is 21.6 Å². The summed E-state index contributed by atoms with van der Waals surface area (Å²) in [5.41, 5.74) is 0.963. The van der Waals surface area contributed by atoms with Crippen LogP contribution in [0.4, 0.5) is 10.1 Å². The number of halogens is 2. The third-order valence-electron chi connectivity index (χ3n) is 3.79. The largest absolute Gasteiger partial charge is 0.368 e. The van der Waals surface area contributed by atoms with Crippen LogP contribution in [-0.2, 0) is 0 Å². The van der Waals surface area contributed by atoms with Crippen LogP contribution in [0.15, 0.2) is 22.7 Å². The van der Waals surface area contributed by atoms with Crippen molar-refractivity contribution in [2.45, 2.75) is 26.3 Å². The Hall–Kier alpha value is -0.610. The monoisotopic (exact) mass is 314 g/mol. The van der Waals surface area contributed by atoms with Crippen molar-refractivity contribution < 1.29 is 4.39 Å². The molecule has 2 nitrogen and oxygen atoms in total. The fraction of sp³-hybridized carbons (Fsp3) is 0.571. The summed E-state index contributed by atoms with van der Waals surface area (Å²) < 4.78 is 14.3. The van der Waals surface area contributed by atoms with E-state index in [9.17, 15) is 4.39 Å². The molecule has 0 saturated carbocycles. The molecule has 0 aromatic heterocycles. The number of hydrogen-bond donors (Lipinski definition) is 1. The molecule has 1 saturated heterocycles. The molecule has 2 atom stereocenters. The molecule has 100 valence electrons. The van der Waals surface area contributed by atoms with Gasteiger partial charge in [-0.15, -0.1) is 0 Å². The molecule has 4 heteroatoms. The smallest absolute Gasteiger partial charge is 0.125 e. The van der Waals surface area contributed by atoms with Crippen LogP contribution < -0.4 is 10.2 Å². The van der Waals surface area contributed by atoms with Gasteiger partial charge in [0.2, 0.25) is 0 Å². The highest BCUT2D eigenvalue weighted by Crippen LogP contribution is 2.28. The number of hydrogen-bond acceptors (Lipinski definition) is 2. The van der Waals surface area contributed by atoms with Gasteiger partial charge in [0.1, 0.15) is 5.82 Å². The Morgan fingerprint density at radius 2 is 2.33 bits per heavy atom. The maximum atomic E-state index is 13.4. The molecule has 1 fully saturated rings. The number of anilines is 1. The lowest BCUT2D eigenvalue weighted by molar-refractivity contribution is 0.341. The van der Waals surface area contributed by atoms with Gasteiger partial charge in [0.05, 0.1) is 5.69 Å². The minimum absolute atomic E-state index is 0.174. The molecule has 0 aliphatic carbocycles. The topological polar surface area (TPSA) is 15.3 Å². The molecule has 1 aromatic carbocycles. The first-order valence-electron chi connectivity index (χ1n) is 6.55. The first-order valence-corrected chi connectivity index (χ1v) is 7.34. The molecule has 2 rings (SSSR count). The Kier molecular flexibility index (Phi) is 4.62. The lowest BCUT2D eigenvalue weighted by Gasteiger charge is -2.38. The van der Waals surface area contributed by atoms with Crippen molar-refractivity contribution in [3.63, 3.8) is 0 Å². The highest BCUT2D eigenvalue weighted by Gasteiger charge is 2.24. The highest BCUT2D eigenvalue weighted by atomic mass is 79.9. The van der Waals surface area contributed by atoms with Gasteiger partial charge in [0.15, 0.2) is 0 Å². The van der Waals surface area contributed by atoms with Gasteiger partial charge >= 0.3 is 0 Å². The van der Waals surface area contributed by atoms with Crippen LogP contribution in [0.5, 0.6) is 0 Å². The summed E-state index contributed by atoms with van der Waals surface area (Å²) in [4.78, 5) is 2.26. The van der Waals surface area contributed by atoms with Gasteiger partial charge in [0, 0.05) is 30.1 Å². The van der Waals surface area contributed by atoms with Crippen molar-refractivity contribution in [2.75, 3.05) is 24.5 Å². The van der Waals surface area contributed by atoms with Gasteiger partial charge in [-0.25, -0.2) is 4.39 Å². The molecule has 18 heavy (non-hydrogen) atoms. The SMILES string of the molecule is CCC(C)C1CN(c2cc(F)ccc2Br)CCN1. The highest BCUT2D eigenvalue weighted by molar-refractivity contribution is 9.10. The van der Waals surface area contributed by atoms with Gasteiger partial charge in [0.25, 0.3) is 0 Å². The first kappa shape index (κ1) is 13.8. The summed E-state index contributed by atoms with van der Waals surface area (Å²) >= 11 is 3.51. The Morgan fingerprint density at radius 3 is 3.06 bits per heavy atom. The predicted octanol–water partition coefficient (Wildman–Crippen LogP) is 3.41. The predicted molar refractivity (Wildman–Crippen MR) is 77.6 cm³/mol. The van der Waals surface area contributed by atoms with Crippen molar-refractivity contribution in [1.82, 2.24) is 5.32 Å². The Morgan fingerprint density at radius 1 is 1.56 bits per heavy atom. The normalized spacial score (nSPS) is 22.0. The van der Waals surface area contributed by atoms with E-state index in [1.807, 2.05) is 0 Å². The van der Waals surface area contributed by atoms with E-state index in [1.54, 1.807) is 12.1 Å². The average molecular weight is 315 g/mol. The van der Waals surface area contributed by atoms with E-state index in [0.29, 0.717) is 12.0 Å². The third kappa shape index (κ3) is 3.04. The average Bonchev–Trinajstić information content (AvgIpc) is 2.40. The minimum Gasteiger partial charge on any atom is -0.368 e. The molecule has 1 N–H and O–H groups in total. The van der Waals surface area contributed by atoms with Crippen LogP contribution >= 0.6 is 15.9 Å². The fourth-order valence-electron chi connectivity index (χ4n) is 2.39. The summed E-state index contributed by atoms with van der Waals surface area (Å²) in [7, 11) is 0. The minimum atomic E-state index is -0.174. The van der Waals surface area contributed by atoms with E-state index in [-0.39, 0.29) is 5.82 Å². The van der Waals surface area contributed by atoms with Crippen molar-refractivity contribution in [2.24, 2.45) is 5.92 Å². The molecule has 0 amide bonds. The van der Waals surface area contributed by atoms with E-state index in [0.717, 1.165) is 36.2 Å². The van der Waals surface area contributed by atoms with Gasteiger partial charge in [-0.1, -0.05) is 20.3 Å². The second-order valence-electron chi connectivity index (χ2n) is 4.99. The molecule has 0 radical (unpaired) electrons. The zero-order valence-corrected chi connectivity index (χ0v) is 12.5. The molecule has 1 aliphatic rings.